The number of ether oxygens (including phenoxy) is 1. The molecule has 1 aliphatic heterocycles. The van der Waals surface area contributed by atoms with E-state index in [4.69, 9.17) is 4.74 Å². The van der Waals surface area contributed by atoms with Gasteiger partial charge < -0.3 is 14.7 Å². The molecule has 0 aromatic heterocycles. The standard InChI is InChI=1S/C29H35NO3/c1-5-15-29(32)16-14-25-24-12-8-20-17-22(31)11-13-23(20)26(24)27(33-18-28(25,29)2)19-6-9-21(10-7-19)30(3)4/h6-10,24-25,27,32H,11-14,16-18H2,1-4H3/t24?,25?,27-,28+,29+/m1/s1. The summed E-state index contributed by atoms with van der Waals surface area (Å²) in [4.78, 5) is 14.3. The molecule has 3 fully saturated rings. The summed E-state index contributed by atoms with van der Waals surface area (Å²) in [6, 6.07) is 8.65. The molecule has 1 saturated heterocycles. The van der Waals surface area contributed by atoms with E-state index in [0.717, 1.165) is 30.5 Å². The Morgan fingerprint density at radius 3 is 2.64 bits per heavy atom. The highest BCUT2D eigenvalue weighted by atomic mass is 16.5. The number of fused-ring (bicyclic) bond motifs is 4. The van der Waals surface area contributed by atoms with Gasteiger partial charge >= 0.3 is 0 Å². The number of carbonyl (C=O) groups is 1. The van der Waals surface area contributed by atoms with Gasteiger partial charge in [-0.05, 0) is 78.9 Å². The van der Waals surface area contributed by atoms with Gasteiger partial charge in [-0.15, -0.1) is 5.92 Å². The number of nitrogens with zero attached hydrogens (tertiary/aromatic N) is 1. The first-order valence-corrected chi connectivity index (χ1v) is 12.3. The molecule has 174 valence electrons. The van der Waals surface area contributed by atoms with Crippen LogP contribution < -0.4 is 4.90 Å². The number of hydrogen-bond acceptors (Lipinski definition) is 4. The highest BCUT2D eigenvalue weighted by Gasteiger charge is 2.61. The molecule has 0 spiro atoms. The summed E-state index contributed by atoms with van der Waals surface area (Å²) in [6.45, 7) is 4.46. The number of benzene rings is 1. The fourth-order valence-corrected chi connectivity index (χ4v) is 6.84. The predicted molar refractivity (Wildman–Crippen MR) is 131 cm³/mol. The topological polar surface area (TPSA) is 49.8 Å². The number of carbonyl (C=O) groups excluding carboxylic acids is 1. The molecule has 4 heteroatoms. The van der Waals surface area contributed by atoms with Crippen molar-refractivity contribution in [2.24, 2.45) is 17.3 Å². The third-order valence-corrected chi connectivity index (χ3v) is 8.74. The van der Waals surface area contributed by atoms with Crippen LogP contribution in [0.3, 0.4) is 0 Å². The minimum atomic E-state index is -1.03. The average Bonchev–Trinajstić information content (AvgIpc) is 2.96. The second-order valence-electron chi connectivity index (χ2n) is 10.7. The molecule has 0 radical (unpaired) electrons. The number of allylic oxidation sites excluding steroid dienone is 3. The van der Waals surface area contributed by atoms with E-state index < -0.39 is 11.0 Å². The average molecular weight is 446 g/mol. The number of aliphatic hydroxyl groups is 1. The van der Waals surface area contributed by atoms with E-state index in [1.165, 1.54) is 16.7 Å². The Labute approximate surface area is 197 Å². The van der Waals surface area contributed by atoms with Gasteiger partial charge in [0.25, 0.3) is 0 Å². The first-order valence-electron chi connectivity index (χ1n) is 12.3. The number of rotatable bonds is 2. The van der Waals surface area contributed by atoms with Crippen LogP contribution in [-0.2, 0) is 9.53 Å². The van der Waals surface area contributed by atoms with E-state index in [1.807, 2.05) is 21.0 Å². The molecule has 33 heavy (non-hydrogen) atoms. The van der Waals surface area contributed by atoms with Crippen molar-refractivity contribution in [3.05, 3.63) is 52.6 Å². The van der Waals surface area contributed by atoms with Crippen molar-refractivity contribution >= 4 is 11.5 Å². The molecule has 2 unspecified atom stereocenters. The van der Waals surface area contributed by atoms with Gasteiger partial charge in [-0.1, -0.05) is 31.1 Å². The van der Waals surface area contributed by atoms with Crippen LogP contribution in [-0.4, -0.2) is 37.2 Å². The first-order chi connectivity index (χ1) is 15.8. The zero-order chi connectivity index (χ0) is 23.4. The van der Waals surface area contributed by atoms with Crippen molar-refractivity contribution in [2.75, 3.05) is 25.6 Å². The van der Waals surface area contributed by atoms with Gasteiger partial charge in [0.1, 0.15) is 17.5 Å². The van der Waals surface area contributed by atoms with E-state index >= 15 is 0 Å². The number of hydrogen-bond donors (Lipinski definition) is 1. The van der Waals surface area contributed by atoms with E-state index in [9.17, 15) is 9.90 Å². The fourth-order valence-electron chi connectivity index (χ4n) is 6.84. The number of anilines is 1. The highest BCUT2D eigenvalue weighted by Crippen LogP contribution is 2.61. The van der Waals surface area contributed by atoms with Crippen molar-refractivity contribution in [3.63, 3.8) is 0 Å². The largest absolute Gasteiger partial charge is 0.378 e. The van der Waals surface area contributed by atoms with Crippen LogP contribution in [0.2, 0.25) is 0 Å². The van der Waals surface area contributed by atoms with Gasteiger partial charge in [-0.2, -0.15) is 0 Å². The quantitative estimate of drug-likeness (QED) is 0.652. The van der Waals surface area contributed by atoms with Crippen molar-refractivity contribution in [1.29, 1.82) is 0 Å². The molecule has 4 nitrogen and oxygen atoms in total. The van der Waals surface area contributed by atoms with Crippen LogP contribution in [0.1, 0.15) is 64.0 Å². The maximum atomic E-state index is 12.2. The summed E-state index contributed by atoms with van der Waals surface area (Å²) in [5.41, 5.74) is 4.76. The molecule has 0 amide bonds. The SMILES string of the molecule is CC#C[C@]1(O)CCC2C3CC=C4CC(=O)CCC4=C3[C@@H](c3ccc(N(C)C)cc3)OC[C@@]21C. The smallest absolute Gasteiger partial charge is 0.137 e. The molecule has 1 aromatic carbocycles. The van der Waals surface area contributed by atoms with Crippen LogP contribution in [0.5, 0.6) is 0 Å². The van der Waals surface area contributed by atoms with Crippen molar-refractivity contribution in [2.45, 2.75) is 64.1 Å². The Kier molecular flexibility index (Phi) is 5.54. The normalized spacial score (nSPS) is 35.5. The molecule has 1 aromatic rings. The monoisotopic (exact) mass is 445 g/mol. The molecular weight excluding hydrogens is 410 g/mol. The van der Waals surface area contributed by atoms with Crippen LogP contribution >= 0.6 is 0 Å². The van der Waals surface area contributed by atoms with Gasteiger partial charge in [0.15, 0.2) is 0 Å². The summed E-state index contributed by atoms with van der Waals surface area (Å²) >= 11 is 0. The van der Waals surface area contributed by atoms with E-state index in [0.29, 0.717) is 43.5 Å². The van der Waals surface area contributed by atoms with Crippen molar-refractivity contribution < 1.29 is 14.6 Å². The molecule has 5 rings (SSSR count). The lowest BCUT2D eigenvalue weighted by Gasteiger charge is -2.42. The number of Topliss-reactive ketones (excluding diaryl/α,β-unsaturated/α-hetero) is 1. The molecule has 5 atom stereocenters. The van der Waals surface area contributed by atoms with Crippen LogP contribution in [0.15, 0.2) is 47.1 Å². The van der Waals surface area contributed by atoms with Crippen LogP contribution in [0, 0.1) is 29.1 Å². The predicted octanol–water partition coefficient (Wildman–Crippen LogP) is 4.99. The second kappa shape index (κ2) is 8.15. The summed E-state index contributed by atoms with van der Waals surface area (Å²) in [6.07, 6.45) is 6.66. The van der Waals surface area contributed by atoms with Gasteiger partial charge in [0.05, 0.1) is 6.61 Å². The molecule has 2 saturated carbocycles. The Morgan fingerprint density at radius 1 is 1.18 bits per heavy atom. The minimum Gasteiger partial charge on any atom is -0.378 e. The van der Waals surface area contributed by atoms with E-state index in [1.54, 1.807) is 0 Å². The molecule has 3 aliphatic carbocycles. The van der Waals surface area contributed by atoms with Gasteiger partial charge in [0, 0.05) is 38.0 Å². The summed E-state index contributed by atoms with van der Waals surface area (Å²) in [5, 5.41) is 11.6. The lowest BCUT2D eigenvalue weighted by Crippen LogP contribution is -2.48. The molecular formula is C29H35NO3. The number of ketones is 1. The Hall–Kier alpha value is -2.35. The molecule has 0 bridgehead atoms. The third-order valence-electron chi connectivity index (χ3n) is 8.74. The summed E-state index contributed by atoms with van der Waals surface area (Å²) < 4.78 is 6.78. The third kappa shape index (κ3) is 3.49. The summed E-state index contributed by atoms with van der Waals surface area (Å²) in [5.74, 6) is 7.09. The Balaban J connectivity index is 1.64. The first kappa shape index (κ1) is 22.4. The van der Waals surface area contributed by atoms with Crippen LogP contribution in [0.4, 0.5) is 5.69 Å². The van der Waals surface area contributed by atoms with Crippen molar-refractivity contribution in [1.82, 2.24) is 0 Å². The Bertz CT molecular complexity index is 1090. The van der Waals surface area contributed by atoms with Gasteiger partial charge in [-0.25, -0.2) is 0 Å². The van der Waals surface area contributed by atoms with Crippen molar-refractivity contribution in [3.8, 4) is 11.8 Å². The Morgan fingerprint density at radius 2 is 1.94 bits per heavy atom. The van der Waals surface area contributed by atoms with Gasteiger partial charge in [-0.3, -0.25) is 4.79 Å². The zero-order valence-corrected chi connectivity index (χ0v) is 20.3. The zero-order valence-electron chi connectivity index (χ0n) is 20.3. The highest BCUT2D eigenvalue weighted by molar-refractivity contribution is 5.84. The molecule has 1 N–H and O–H groups in total. The van der Waals surface area contributed by atoms with E-state index in [2.05, 4.69) is 54.0 Å². The minimum absolute atomic E-state index is 0.153. The second-order valence-corrected chi connectivity index (χ2v) is 10.7. The van der Waals surface area contributed by atoms with Crippen LogP contribution in [0.25, 0.3) is 0 Å². The maximum Gasteiger partial charge on any atom is 0.137 e. The maximum absolute atomic E-state index is 12.2. The lowest BCUT2D eigenvalue weighted by atomic mass is 9.62. The molecule has 4 aliphatic rings. The molecule has 1 heterocycles. The lowest BCUT2D eigenvalue weighted by molar-refractivity contribution is -0.118. The van der Waals surface area contributed by atoms with Gasteiger partial charge in [0.2, 0.25) is 0 Å². The summed E-state index contributed by atoms with van der Waals surface area (Å²) in [7, 11) is 4.10. The fraction of sp³-hybridized carbons (Fsp3) is 0.552. The van der Waals surface area contributed by atoms with E-state index in [-0.39, 0.29) is 6.10 Å².